The number of aliphatic hydroxyl groups excluding tert-OH is 1. The highest BCUT2D eigenvalue weighted by Crippen LogP contribution is 2.46. The van der Waals surface area contributed by atoms with Crippen LogP contribution in [0.15, 0.2) is 41.9 Å². The van der Waals surface area contributed by atoms with Gasteiger partial charge in [-0.25, -0.2) is 10.4 Å². The molecule has 1 aromatic carbocycles. The van der Waals surface area contributed by atoms with Crippen molar-refractivity contribution in [1.29, 1.82) is 0 Å². The molecule has 3 aromatic heterocycles. The summed E-state index contributed by atoms with van der Waals surface area (Å²) in [5.41, 5.74) is 8.94. The predicted molar refractivity (Wildman–Crippen MR) is 203 cm³/mol. The largest absolute Gasteiger partial charge is 0.464 e. The summed E-state index contributed by atoms with van der Waals surface area (Å²) in [6.45, 7) is 11.1. The Morgan fingerprint density at radius 3 is 2.75 bits per heavy atom. The summed E-state index contributed by atoms with van der Waals surface area (Å²) in [4.78, 5) is 50.8. The Morgan fingerprint density at radius 2 is 2.02 bits per heavy atom. The maximum atomic E-state index is 14.1. The first-order chi connectivity index (χ1) is 25.4. The molecule has 53 heavy (non-hydrogen) atoms. The molecule has 4 aromatic rings. The molecule has 6 bridgehead atoms. The summed E-state index contributed by atoms with van der Waals surface area (Å²) < 4.78 is 13.9. The van der Waals surface area contributed by atoms with Crippen LogP contribution in [-0.2, 0) is 43.2 Å². The first-order valence-corrected chi connectivity index (χ1v) is 19.5. The van der Waals surface area contributed by atoms with Gasteiger partial charge in [-0.2, -0.15) is 0 Å². The zero-order valence-corrected chi connectivity index (χ0v) is 32.2. The minimum absolute atomic E-state index is 0.0652. The van der Waals surface area contributed by atoms with E-state index in [1.54, 1.807) is 13.3 Å². The van der Waals surface area contributed by atoms with Crippen molar-refractivity contribution in [2.75, 3.05) is 26.9 Å². The minimum Gasteiger partial charge on any atom is -0.464 e. The van der Waals surface area contributed by atoms with Crippen LogP contribution in [0.2, 0.25) is 0 Å². The Labute approximate surface area is 314 Å². The summed E-state index contributed by atoms with van der Waals surface area (Å²) in [7, 11) is 1.67. The molecule has 12 nitrogen and oxygen atoms in total. The van der Waals surface area contributed by atoms with Crippen molar-refractivity contribution >= 4 is 40.0 Å². The molecule has 2 amide bonds. The topological polar surface area (TPSA) is 148 Å². The minimum atomic E-state index is -0.853. The molecule has 1 saturated carbocycles. The number of pyridine rings is 1. The van der Waals surface area contributed by atoms with Crippen LogP contribution in [0.4, 0.5) is 0 Å². The maximum absolute atomic E-state index is 14.1. The predicted octanol–water partition coefficient (Wildman–Crippen LogP) is 5.08. The van der Waals surface area contributed by atoms with E-state index in [0.717, 1.165) is 49.7 Å². The van der Waals surface area contributed by atoms with Crippen molar-refractivity contribution in [2.45, 2.75) is 85.0 Å². The van der Waals surface area contributed by atoms with Crippen LogP contribution in [-0.4, -0.2) is 81.4 Å². The number of esters is 1. The van der Waals surface area contributed by atoms with Gasteiger partial charge in [-0.3, -0.25) is 24.4 Å². The highest BCUT2D eigenvalue weighted by atomic mass is 32.1. The third-order valence-corrected chi connectivity index (χ3v) is 12.2. The number of ether oxygens (including phenoxy) is 2. The lowest BCUT2D eigenvalue weighted by Crippen LogP contribution is -2.60. The van der Waals surface area contributed by atoms with E-state index in [9.17, 15) is 19.5 Å². The fraction of sp³-hybridized carbons (Fsp3) is 0.525. The number of amides is 2. The van der Waals surface area contributed by atoms with Crippen LogP contribution >= 0.6 is 11.3 Å². The van der Waals surface area contributed by atoms with Crippen molar-refractivity contribution in [3.05, 3.63) is 58.2 Å². The highest BCUT2D eigenvalue weighted by molar-refractivity contribution is 7.10. The van der Waals surface area contributed by atoms with Gasteiger partial charge in [0, 0.05) is 71.6 Å². The molecule has 2 fully saturated rings. The average molecular weight is 743 g/mol. The van der Waals surface area contributed by atoms with Gasteiger partial charge in [0.2, 0.25) is 5.91 Å². The van der Waals surface area contributed by atoms with E-state index in [4.69, 9.17) is 19.4 Å². The first-order valence-electron chi connectivity index (χ1n) is 18.6. The van der Waals surface area contributed by atoms with E-state index < -0.39 is 23.5 Å². The summed E-state index contributed by atoms with van der Waals surface area (Å²) in [6.07, 6.45) is 3.39. The van der Waals surface area contributed by atoms with E-state index in [2.05, 4.69) is 55.1 Å². The Morgan fingerprint density at radius 1 is 1.23 bits per heavy atom. The summed E-state index contributed by atoms with van der Waals surface area (Å²) >= 11 is 1.46. The highest BCUT2D eigenvalue weighted by Gasteiger charge is 2.49. The average Bonchev–Trinajstić information content (AvgIpc) is 3.42. The van der Waals surface area contributed by atoms with Gasteiger partial charge in [0.05, 0.1) is 41.4 Å². The monoisotopic (exact) mass is 742 g/mol. The molecule has 3 aliphatic rings. The molecular weight excluding hydrogens is 693 g/mol. The van der Waals surface area contributed by atoms with E-state index in [1.807, 2.05) is 30.5 Å². The molecule has 5 heterocycles. The molecule has 282 valence electrons. The molecular formula is C40H50N6O6S. The fourth-order valence-electron chi connectivity index (χ4n) is 7.98. The number of methoxy groups -OCH3 is 1. The van der Waals surface area contributed by atoms with Gasteiger partial charge in [-0.1, -0.05) is 33.8 Å². The van der Waals surface area contributed by atoms with E-state index in [1.165, 1.54) is 16.3 Å². The number of nitrogens with one attached hydrogen (secondary N) is 2. The number of cyclic esters (lactones) is 1. The zero-order valence-electron chi connectivity index (χ0n) is 31.3. The second-order valence-corrected chi connectivity index (χ2v) is 16.6. The summed E-state index contributed by atoms with van der Waals surface area (Å²) in [5.74, 6) is -0.462. The van der Waals surface area contributed by atoms with Crippen molar-refractivity contribution < 1.29 is 29.0 Å². The van der Waals surface area contributed by atoms with Gasteiger partial charge in [0.15, 0.2) is 0 Å². The summed E-state index contributed by atoms with van der Waals surface area (Å²) in [6, 6.07) is 8.65. The van der Waals surface area contributed by atoms with Gasteiger partial charge in [-0.05, 0) is 67.9 Å². The third-order valence-electron chi connectivity index (χ3n) is 11.3. The maximum Gasteiger partial charge on any atom is 0.324 e. The molecule has 1 saturated heterocycles. The standard InChI is InChI=1S/C40H50N6O6S/c1-22-23(2)34(22)37(48)43-30-18-33-42-31(20-53-33)25-11-12-32-27(17-25)28(36(45(32)15-16-47)26-9-7-13-41-35(26)24(3)51-6)19-40(4,5)21-52-39(50)29-10-8-14-46(44-29)38(30)49/h7,9,11-13,17,20,22-24,29-30,34,44,47H,8,10,14-16,18-19,21H2,1-6H3,(H,43,48)/t22-,23+,24-,29-,30-,34+/m0/s1. The molecule has 3 N–H and O–H groups in total. The SMILES string of the molecule is CO[C@@H](C)c1ncccc1-c1c2c3cc(ccc3n1CCO)-c1csc(n1)C[C@H](NC(=O)[C@H]1[C@H](C)[C@@H]1C)C(=O)N1CCC[C@H](N1)C(=O)OCC(C)(C)C2. The number of hydrogen-bond acceptors (Lipinski definition) is 10. The molecule has 1 aliphatic carbocycles. The zero-order chi connectivity index (χ0) is 37.6. The smallest absolute Gasteiger partial charge is 0.324 e. The molecule has 2 aliphatic heterocycles. The Bertz CT molecular complexity index is 2020. The lowest BCUT2D eigenvalue weighted by Gasteiger charge is -2.35. The number of carbonyl (C=O) groups excluding carboxylic acids is 3. The number of fused-ring (bicyclic) bond motifs is 6. The Kier molecular flexibility index (Phi) is 10.5. The lowest BCUT2D eigenvalue weighted by molar-refractivity contribution is -0.155. The second kappa shape index (κ2) is 14.9. The van der Waals surface area contributed by atoms with Crippen molar-refractivity contribution in [3.8, 4) is 22.5 Å². The van der Waals surface area contributed by atoms with Gasteiger partial charge in [0.1, 0.15) is 12.1 Å². The van der Waals surface area contributed by atoms with Crippen LogP contribution in [0.3, 0.4) is 0 Å². The number of benzene rings is 1. The van der Waals surface area contributed by atoms with E-state index in [0.29, 0.717) is 32.4 Å². The number of carbonyl (C=O) groups is 3. The van der Waals surface area contributed by atoms with Crippen LogP contribution in [0, 0.1) is 23.2 Å². The molecule has 0 radical (unpaired) electrons. The number of aromatic nitrogens is 3. The van der Waals surface area contributed by atoms with Gasteiger partial charge in [-0.15, -0.1) is 11.3 Å². The number of aliphatic hydroxyl groups is 1. The van der Waals surface area contributed by atoms with Crippen molar-refractivity contribution in [1.82, 2.24) is 30.3 Å². The first kappa shape index (κ1) is 37.2. The number of hydrogen-bond donors (Lipinski definition) is 3. The normalized spacial score (nSPS) is 25.1. The fourth-order valence-corrected chi connectivity index (χ4v) is 8.83. The van der Waals surface area contributed by atoms with E-state index in [-0.39, 0.29) is 55.3 Å². The number of hydrazine groups is 1. The third kappa shape index (κ3) is 7.36. The van der Waals surface area contributed by atoms with E-state index >= 15 is 0 Å². The Hall–Kier alpha value is -4.17. The van der Waals surface area contributed by atoms with Crippen LogP contribution < -0.4 is 10.7 Å². The molecule has 7 rings (SSSR count). The van der Waals surface area contributed by atoms with Crippen molar-refractivity contribution in [3.63, 3.8) is 0 Å². The van der Waals surface area contributed by atoms with Gasteiger partial charge >= 0.3 is 5.97 Å². The van der Waals surface area contributed by atoms with Crippen LogP contribution in [0.25, 0.3) is 33.4 Å². The van der Waals surface area contributed by atoms with Crippen LogP contribution in [0.5, 0.6) is 0 Å². The quantitative estimate of drug-likeness (QED) is 0.221. The van der Waals surface area contributed by atoms with Gasteiger partial charge < -0.3 is 24.5 Å². The second-order valence-electron chi connectivity index (χ2n) is 15.6. The molecule has 6 atom stereocenters. The summed E-state index contributed by atoms with van der Waals surface area (Å²) in [5, 5.41) is 18.6. The van der Waals surface area contributed by atoms with Crippen molar-refractivity contribution in [2.24, 2.45) is 23.2 Å². The molecule has 0 spiro atoms. The molecule has 0 unspecified atom stereocenters. The van der Waals surface area contributed by atoms with Gasteiger partial charge in [0.25, 0.3) is 5.91 Å². The van der Waals surface area contributed by atoms with Crippen LogP contribution in [0.1, 0.15) is 69.8 Å². The number of rotatable bonds is 7. The number of thiazole rings is 1. The lowest BCUT2D eigenvalue weighted by atomic mass is 9.84. The Balaban J connectivity index is 1.36. The number of nitrogens with zero attached hydrogens (tertiary/aromatic N) is 4. The molecule has 13 heteroatoms.